The number of aryl methyl sites for hydroxylation is 3. The van der Waals surface area contributed by atoms with Gasteiger partial charge in [-0.25, -0.2) is 0 Å². The average molecular weight is 379 g/mol. The van der Waals surface area contributed by atoms with Gasteiger partial charge in [-0.05, 0) is 77.7 Å². The van der Waals surface area contributed by atoms with Crippen molar-refractivity contribution < 1.29 is 0 Å². The summed E-state index contributed by atoms with van der Waals surface area (Å²) in [6.45, 7) is 9.65. The second-order valence-corrected chi connectivity index (χ2v) is 6.39. The molecule has 0 aliphatic rings. The van der Waals surface area contributed by atoms with Crippen LogP contribution in [0.3, 0.4) is 0 Å². The van der Waals surface area contributed by atoms with E-state index in [9.17, 15) is 0 Å². The van der Waals surface area contributed by atoms with Crippen LogP contribution in [0.15, 0.2) is 36.4 Å². The largest absolute Gasteiger partial charge is 0.306 e. The van der Waals surface area contributed by atoms with Crippen molar-refractivity contribution >= 4 is 22.6 Å². The highest BCUT2D eigenvalue weighted by molar-refractivity contribution is 14.1. The molecule has 0 aliphatic heterocycles. The van der Waals surface area contributed by atoms with E-state index in [2.05, 4.69) is 92.0 Å². The van der Waals surface area contributed by atoms with Gasteiger partial charge >= 0.3 is 0 Å². The van der Waals surface area contributed by atoms with Crippen molar-refractivity contribution in [3.63, 3.8) is 0 Å². The van der Waals surface area contributed by atoms with Crippen LogP contribution in [0.25, 0.3) is 0 Å². The van der Waals surface area contributed by atoms with E-state index in [-0.39, 0.29) is 6.04 Å². The van der Waals surface area contributed by atoms with Gasteiger partial charge in [0, 0.05) is 3.57 Å². The molecule has 1 atom stereocenters. The van der Waals surface area contributed by atoms with Crippen LogP contribution in [0.2, 0.25) is 0 Å². The van der Waals surface area contributed by atoms with Crippen LogP contribution < -0.4 is 5.32 Å². The molecule has 0 aromatic heterocycles. The van der Waals surface area contributed by atoms with Crippen LogP contribution in [0.1, 0.15) is 40.8 Å². The topological polar surface area (TPSA) is 12.0 Å². The highest BCUT2D eigenvalue weighted by Gasteiger charge is 2.17. The first kappa shape index (κ1) is 15.5. The molecule has 20 heavy (non-hydrogen) atoms. The summed E-state index contributed by atoms with van der Waals surface area (Å²) >= 11 is 2.46. The summed E-state index contributed by atoms with van der Waals surface area (Å²) in [7, 11) is 0. The smallest absolute Gasteiger partial charge is 0.0587 e. The SMILES string of the molecule is CCNC(c1ccc(C)c(C)c1)c1cccc(C)c1I. The highest BCUT2D eigenvalue weighted by atomic mass is 127. The fourth-order valence-electron chi connectivity index (χ4n) is 2.45. The Hall–Kier alpha value is -0.870. The lowest BCUT2D eigenvalue weighted by atomic mass is 9.94. The summed E-state index contributed by atoms with van der Waals surface area (Å²) in [4.78, 5) is 0. The third-order valence-electron chi connectivity index (χ3n) is 3.81. The van der Waals surface area contributed by atoms with Gasteiger partial charge in [-0.1, -0.05) is 43.3 Å². The Morgan fingerprint density at radius 2 is 1.75 bits per heavy atom. The standard InChI is InChI=1S/C18H22IN/c1-5-20-18(15-10-9-12(2)14(4)11-15)16-8-6-7-13(3)17(16)19/h6-11,18,20H,5H2,1-4H3. The molecular weight excluding hydrogens is 357 g/mol. The van der Waals surface area contributed by atoms with Crippen molar-refractivity contribution in [2.24, 2.45) is 0 Å². The number of nitrogens with one attached hydrogen (secondary N) is 1. The quantitative estimate of drug-likeness (QED) is 0.744. The lowest BCUT2D eigenvalue weighted by Gasteiger charge is -2.22. The van der Waals surface area contributed by atoms with Crippen molar-refractivity contribution in [2.75, 3.05) is 6.54 Å². The van der Waals surface area contributed by atoms with E-state index >= 15 is 0 Å². The lowest BCUT2D eigenvalue weighted by Crippen LogP contribution is -2.23. The molecule has 0 saturated carbocycles. The van der Waals surface area contributed by atoms with Crippen molar-refractivity contribution in [1.29, 1.82) is 0 Å². The molecule has 0 aliphatic carbocycles. The maximum Gasteiger partial charge on any atom is 0.0587 e. The molecule has 0 spiro atoms. The summed E-state index contributed by atoms with van der Waals surface area (Å²) in [5.41, 5.74) is 6.76. The Morgan fingerprint density at radius 1 is 1.00 bits per heavy atom. The molecule has 106 valence electrons. The van der Waals surface area contributed by atoms with Gasteiger partial charge < -0.3 is 5.32 Å². The summed E-state index contributed by atoms with van der Waals surface area (Å²) in [6, 6.07) is 13.6. The second-order valence-electron chi connectivity index (χ2n) is 5.31. The molecule has 2 heteroatoms. The van der Waals surface area contributed by atoms with E-state index in [1.807, 2.05) is 0 Å². The number of hydrogen-bond donors (Lipinski definition) is 1. The first-order valence-electron chi connectivity index (χ1n) is 7.10. The van der Waals surface area contributed by atoms with E-state index in [4.69, 9.17) is 0 Å². The summed E-state index contributed by atoms with van der Waals surface area (Å²) < 4.78 is 1.36. The van der Waals surface area contributed by atoms with E-state index in [0.717, 1.165) is 6.54 Å². The number of benzene rings is 2. The van der Waals surface area contributed by atoms with Crippen LogP contribution in [0.5, 0.6) is 0 Å². The molecule has 0 radical (unpaired) electrons. The van der Waals surface area contributed by atoms with Crippen molar-refractivity contribution in [3.8, 4) is 0 Å². The lowest BCUT2D eigenvalue weighted by molar-refractivity contribution is 0.627. The average Bonchev–Trinajstić information content (AvgIpc) is 2.43. The third kappa shape index (κ3) is 3.23. The number of halogens is 1. The van der Waals surface area contributed by atoms with Gasteiger partial charge in [0.25, 0.3) is 0 Å². The van der Waals surface area contributed by atoms with E-state index < -0.39 is 0 Å². The van der Waals surface area contributed by atoms with Crippen LogP contribution in [-0.2, 0) is 0 Å². The minimum Gasteiger partial charge on any atom is -0.306 e. The summed E-state index contributed by atoms with van der Waals surface area (Å²) in [6.07, 6.45) is 0. The number of rotatable bonds is 4. The molecule has 0 bridgehead atoms. The van der Waals surface area contributed by atoms with Crippen LogP contribution in [0.4, 0.5) is 0 Å². The van der Waals surface area contributed by atoms with Gasteiger partial charge in [-0.15, -0.1) is 0 Å². The molecule has 1 unspecified atom stereocenters. The molecule has 2 aromatic rings. The van der Waals surface area contributed by atoms with Crippen molar-refractivity contribution in [2.45, 2.75) is 33.7 Å². The molecule has 0 heterocycles. The zero-order valence-corrected chi connectivity index (χ0v) is 14.8. The van der Waals surface area contributed by atoms with Crippen molar-refractivity contribution in [1.82, 2.24) is 5.32 Å². The second kappa shape index (κ2) is 6.72. The zero-order valence-electron chi connectivity index (χ0n) is 12.6. The van der Waals surface area contributed by atoms with Gasteiger partial charge in [-0.2, -0.15) is 0 Å². The first-order valence-corrected chi connectivity index (χ1v) is 8.18. The molecule has 2 aromatic carbocycles. The maximum absolute atomic E-state index is 3.63. The van der Waals surface area contributed by atoms with Gasteiger partial charge in [0.1, 0.15) is 0 Å². The minimum absolute atomic E-state index is 0.270. The Balaban J connectivity index is 2.50. The molecular formula is C18H22IN. The Labute approximate surface area is 135 Å². The predicted octanol–water partition coefficient (Wildman–Crippen LogP) is 4.92. The van der Waals surface area contributed by atoms with Gasteiger partial charge in [-0.3, -0.25) is 0 Å². The normalized spacial score (nSPS) is 12.4. The summed E-state index contributed by atoms with van der Waals surface area (Å²) in [5, 5.41) is 3.63. The van der Waals surface area contributed by atoms with E-state index in [1.165, 1.54) is 31.4 Å². The fraction of sp³-hybridized carbons (Fsp3) is 0.333. The van der Waals surface area contributed by atoms with E-state index in [1.54, 1.807) is 0 Å². The molecule has 1 N–H and O–H groups in total. The van der Waals surface area contributed by atoms with E-state index in [0.29, 0.717) is 0 Å². The third-order valence-corrected chi connectivity index (χ3v) is 5.28. The molecule has 0 saturated heterocycles. The molecule has 0 amide bonds. The Kier molecular flexibility index (Phi) is 5.22. The maximum atomic E-state index is 3.63. The minimum atomic E-state index is 0.270. The highest BCUT2D eigenvalue weighted by Crippen LogP contribution is 2.29. The van der Waals surface area contributed by atoms with Crippen LogP contribution in [0, 0.1) is 24.3 Å². The van der Waals surface area contributed by atoms with Gasteiger partial charge in [0.2, 0.25) is 0 Å². The molecule has 1 nitrogen and oxygen atoms in total. The number of hydrogen-bond acceptors (Lipinski definition) is 1. The van der Waals surface area contributed by atoms with Crippen LogP contribution in [-0.4, -0.2) is 6.54 Å². The zero-order chi connectivity index (χ0) is 14.7. The van der Waals surface area contributed by atoms with Gasteiger partial charge in [0.15, 0.2) is 0 Å². The summed E-state index contributed by atoms with van der Waals surface area (Å²) in [5.74, 6) is 0. The molecule has 0 fully saturated rings. The Morgan fingerprint density at radius 3 is 2.40 bits per heavy atom. The van der Waals surface area contributed by atoms with Crippen LogP contribution >= 0.6 is 22.6 Å². The molecule has 2 rings (SSSR count). The van der Waals surface area contributed by atoms with Crippen molar-refractivity contribution in [3.05, 3.63) is 67.8 Å². The monoisotopic (exact) mass is 379 g/mol. The fourth-order valence-corrected chi connectivity index (χ4v) is 3.12. The van der Waals surface area contributed by atoms with Gasteiger partial charge in [0.05, 0.1) is 6.04 Å². The Bertz CT molecular complexity index is 604. The first-order chi connectivity index (χ1) is 9.54. The predicted molar refractivity (Wildman–Crippen MR) is 95.3 cm³/mol.